The zero-order chi connectivity index (χ0) is 44.2. The van der Waals surface area contributed by atoms with Crippen molar-refractivity contribution in [3.05, 3.63) is 82.9 Å². The van der Waals surface area contributed by atoms with E-state index in [4.69, 9.17) is 28.4 Å². The number of ketones is 1. The first kappa shape index (κ1) is 45.3. The second kappa shape index (κ2) is 16.6. The van der Waals surface area contributed by atoms with Crippen LogP contribution in [0.15, 0.2) is 71.8 Å². The van der Waals surface area contributed by atoms with Crippen LogP contribution in [0.5, 0.6) is 0 Å². The van der Waals surface area contributed by atoms with Crippen molar-refractivity contribution < 1.29 is 62.9 Å². The summed E-state index contributed by atoms with van der Waals surface area (Å²) in [6.07, 6.45) is -7.67. The highest BCUT2D eigenvalue weighted by Gasteiger charge is 2.77. The molecule has 0 spiro atoms. The van der Waals surface area contributed by atoms with E-state index in [1.54, 1.807) is 109 Å². The fourth-order valence-electron chi connectivity index (χ4n) is 10.5. The van der Waals surface area contributed by atoms with E-state index in [-0.39, 0.29) is 25.0 Å². The molecular formula is C46H61NO13. The molecule has 6 rings (SSSR count). The number of amides is 1. The zero-order valence-corrected chi connectivity index (χ0v) is 36.2. The van der Waals surface area contributed by atoms with Crippen LogP contribution in [0.3, 0.4) is 0 Å². The Balaban J connectivity index is 1.52. The maximum atomic E-state index is 15.6. The molecule has 0 unspecified atom stereocenters. The molecule has 2 bridgehead atoms. The highest BCUT2D eigenvalue weighted by Crippen LogP contribution is 2.65. The summed E-state index contributed by atoms with van der Waals surface area (Å²) < 4.78 is 37.2. The summed E-state index contributed by atoms with van der Waals surface area (Å²) >= 11 is 0. The van der Waals surface area contributed by atoms with Gasteiger partial charge in [-0.05, 0) is 77.3 Å². The molecule has 14 nitrogen and oxygen atoms in total. The van der Waals surface area contributed by atoms with Gasteiger partial charge in [-0.3, -0.25) is 4.79 Å². The number of fused-ring (bicyclic) bond motifs is 5. The Morgan fingerprint density at radius 1 is 0.983 bits per heavy atom. The van der Waals surface area contributed by atoms with E-state index in [1.807, 2.05) is 13.8 Å². The van der Waals surface area contributed by atoms with Crippen molar-refractivity contribution >= 4 is 23.8 Å². The van der Waals surface area contributed by atoms with E-state index in [0.717, 1.165) is 0 Å². The predicted molar refractivity (Wildman–Crippen MR) is 217 cm³/mol. The van der Waals surface area contributed by atoms with Gasteiger partial charge in [0.05, 0.1) is 54.5 Å². The summed E-state index contributed by atoms with van der Waals surface area (Å²) in [6, 6.07) is 15.3. The van der Waals surface area contributed by atoms with Crippen molar-refractivity contribution in [3.63, 3.8) is 0 Å². The van der Waals surface area contributed by atoms with Crippen LogP contribution in [0.2, 0.25) is 0 Å². The average molecular weight is 836 g/mol. The number of aliphatic hydroxyl groups excluding tert-OH is 2. The van der Waals surface area contributed by atoms with Crippen molar-refractivity contribution in [2.45, 2.75) is 135 Å². The van der Waals surface area contributed by atoms with Gasteiger partial charge >= 0.3 is 18.0 Å². The van der Waals surface area contributed by atoms with Gasteiger partial charge in [0.15, 0.2) is 11.9 Å². The third-order valence-corrected chi connectivity index (χ3v) is 13.3. The number of carbonyl (C=O) groups excluding carboxylic acids is 4. The van der Waals surface area contributed by atoms with E-state index in [1.165, 1.54) is 7.11 Å². The second-order valence-corrected chi connectivity index (χ2v) is 18.7. The molecule has 2 saturated carbocycles. The first-order valence-electron chi connectivity index (χ1n) is 20.7. The third kappa shape index (κ3) is 7.68. The van der Waals surface area contributed by atoms with Crippen LogP contribution in [-0.4, -0.2) is 113 Å². The molecule has 1 saturated heterocycles. The van der Waals surface area contributed by atoms with E-state index >= 15 is 4.79 Å². The van der Waals surface area contributed by atoms with E-state index in [9.17, 15) is 29.7 Å². The van der Waals surface area contributed by atoms with Gasteiger partial charge in [0.2, 0.25) is 0 Å². The average Bonchev–Trinajstić information content (AvgIpc) is 3.18. The Morgan fingerprint density at radius 3 is 2.13 bits per heavy atom. The van der Waals surface area contributed by atoms with Crippen LogP contribution >= 0.6 is 0 Å². The molecular weight excluding hydrogens is 774 g/mol. The second-order valence-electron chi connectivity index (χ2n) is 18.7. The Hall–Kier alpha value is -4.18. The van der Waals surface area contributed by atoms with E-state index in [0.29, 0.717) is 16.7 Å². The number of carbonyl (C=O) groups is 4. The van der Waals surface area contributed by atoms with Gasteiger partial charge in [-0.25, -0.2) is 14.4 Å². The first-order valence-corrected chi connectivity index (χ1v) is 20.7. The molecule has 11 atom stereocenters. The lowest BCUT2D eigenvalue weighted by atomic mass is 9.43. The number of benzene rings is 2. The standard InChI is InChI=1S/C46H61NO13/c1-25(2)59-45-24-56-32(45)21-31(55-10)44(9)36(45)38(58-39(51)28-19-15-12-16-20-28)46(54)22-30(26(3)33(43(46,7)8)29(23-48)37(44)50)57-40(52)35(49)34(27-17-13-11-14-18-27)47-41(53)60-42(4,5)6/h11-20,25,29-32,34-36,38,48-49,54H,21-24H2,1-10H3,(H,47,53)/t29-,30+,31+,32-,34+,35-,36+,38+,44-,45+,46-/m1/s1. The fourth-order valence-corrected chi connectivity index (χ4v) is 10.5. The lowest BCUT2D eigenvalue weighted by Crippen LogP contribution is -2.81. The van der Waals surface area contributed by atoms with E-state index in [2.05, 4.69) is 5.32 Å². The van der Waals surface area contributed by atoms with Crippen LogP contribution in [0.4, 0.5) is 4.79 Å². The molecule has 1 amide bonds. The van der Waals surface area contributed by atoms with Crippen molar-refractivity contribution in [1.82, 2.24) is 5.32 Å². The number of esters is 2. The quantitative estimate of drug-likeness (QED) is 0.134. The molecule has 0 aromatic heterocycles. The van der Waals surface area contributed by atoms with Crippen LogP contribution in [0, 0.1) is 22.7 Å². The molecule has 3 aliphatic carbocycles. The van der Waals surface area contributed by atoms with Crippen LogP contribution in [-0.2, 0) is 38.0 Å². The number of hydrogen-bond donors (Lipinski definition) is 4. The molecule has 4 N–H and O–H groups in total. The zero-order valence-electron chi connectivity index (χ0n) is 36.2. The Morgan fingerprint density at radius 2 is 1.60 bits per heavy atom. The molecule has 3 fully saturated rings. The molecule has 2 aromatic carbocycles. The first-order chi connectivity index (χ1) is 28.1. The minimum atomic E-state index is -2.14. The number of hydrogen-bond acceptors (Lipinski definition) is 13. The van der Waals surface area contributed by atoms with Crippen LogP contribution in [0.25, 0.3) is 0 Å². The molecule has 328 valence electrons. The predicted octanol–water partition coefficient (Wildman–Crippen LogP) is 5.02. The van der Waals surface area contributed by atoms with Gasteiger partial charge in [-0.1, -0.05) is 62.4 Å². The van der Waals surface area contributed by atoms with Crippen LogP contribution < -0.4 is 5.32 Å². The summed E-state index contributed by atoms with van der Waals surface area (Å²) in [4.78, 5) is 57.2. The molecule has 2 aromatic rings. The summed E-state index contributed by atoms with van der Waals surface area (Å²) in [6.45, 7) is 14.9. The van der Waals surface area contributed by atoms with E-state index < -0.39 is 113 Å². The number of Topliss-reactive ketones (excluding diaryl/α,β-unsaturated/α-hetero) is 1. The minimum Gasteiger partial charge on any atom is -0.456 e. The van der Waals surface area contributed by atoms with Crippen molar-refractivity contribution in [1.29, 1.82) is 0 Å². The SMILES string of the molecule is CO[C@H]1C[C@H]2OC[C@@]2(OC(C)C)[C@H]2[C@H](OC(=O)c3ccccc3)[C@]3(O)C[C@H](OC(=O)[C@H](O)[C@@H](NC(=O)OC(C)(C)C)c4ccccc4)C(C)=C([C@@H](CO)C(=O)[C@]12C)C3(C)C. The number of nitrogens with one attached hydrogen (secondary N) is 1. The molecule has 60 heavy (non-hydrogen) atoms. The monoisotopic (exact) mass is 835 g/mol. The molecule has 4 aliphatic rings. The van der Waals surface area contributed by atoms with Gasteiger partial charge in [-0.2, -0.15) is 0 Å². The Bertz CT molecular complexity index is 1960. The maximum Gasteiger partial charge on any atom is 0.408 e. The highest BCUT2D eigenvalue weighted by molar-refractivity contribution is 5.93. The van der Waals surface area contributed by atoms with Gasteiger partial charge in [-0.15, -0.1) is 0 Å². The van der Waals surface area contributed by atoms with Gasteiger partial charge in [0.25, 0.3) is 0 Å². The van der Waals surface area contributed by atoms with Crippen molar-refractivity contribution in [3.8, 4) is 0 Å². The number of ether oxygens (including phenoxy) is 6. The summed E-state index contributed by atoms with van der Waals surface area (Å²) in [5.74, 6) is -4.71. The lowest BCUT2D eigenvalue weighted by Gasteiger charge is -2.68. The minimum absolute atomic E-state index is 0.0113. The normalized spacial score (nSPS) is 33.2. The van der Waals surface area contributed by atoms with Crippen molar-refractivity contribution in [2.75, 3.05) is 20.3 Å². The largest absolute Gasteiger partial charge is 0.456 e. The summed E-state index contributed by atoms with van der Waals surface area (Å²) in [5, 5.41) is 39.4. The summed E-state index contributed by atoms with van der Waals surface area (Å²) in [5.41, 5.74) is -6.02. The van der Waals surface area contributed by atoms with Gasteiger partial charge < -0.3 is 49.1 Å². The molecule has 0 radical (unpaired) electrons. The van der Waals surface area contributed by atoms with Crippen molar-refractivity contribution in [2.24, 2.45) is 22.7 Å². The fraction of sp³-hybridized carbons (Fsp3) is 0.609. The molecule has 14 heteroatoms. The number of aliphatic hydroxyl groups is 3. The number of rotatable bonds is 11. The topological polar surface area (TPSA) is 196 Å². The van der Waals surface area contributed by atoms with Crippen LogP contribution in [0.1, 0.15) is 97.1 Å². The van der Waals surface area contributed by atoms with Gasteiger partial charge in [0.1, 0.15) is 29.0 Å². The smallest absolute Gasteiger partial charge is 0.408 e. The maximum absolute atomic E-state index is 15.6. The molecule has 1 heterocycles. The number of alkyl carbamates (subject to hydrolysis) is 1. The summed E-state index contributed by atoms with van der Waals surface area (Å²) in [7, 11) is 1.48. The molecule has 1 aliphatic heterocycles. The third-order valence-electron chi connectivity index (χ3n) is 13.3. The van der Waals surface area contributed by atoms with Gasteiger partial charge in [0, 0.05) is 31.3 Å². The highest BCUT2D eigenvalue weighted by atomic mass is 16.6. The Labute approximate surface area is 351 Å². The number of methoxy groups -OCH3 is 1. The lowest BCUT2D eigenvalue weighted by molar-refractivity contribution is -0.364. The Kier molecular flexibility index (Phi) is 12.5.